The van der Waals surface area contributed by atoms with Crippen molar-refractivity contribution in [2.75, 3.05) is 5.32 Å². The number of nitrogens with zero attached hydrogens (tertiary/aromatic N) is 6. The van der Waals surface area contributed by atoms with Gasteiger partial charge in [-0.1, -0.05) is 17.7 Å². The molecule has 4 bridgehead atoms. The number of hydrogen-bond acceptors (Lipinski definition) is 6. The lowest BCUT2D eigenvalue weighted by Crippen LogP contribution is -2.52. The van der Waals surface area contributed by atoms with Crippen molar-refractivity contribution in [1.29, 1.82) is 0 Å². The number of anilines is 1. The van der Waals surface area contributed by atoms with Gasteiger partial charge in [0.2, 0.25) is 11.6 Å². The van der Waals surface area contributed by atoms with E-state index in [9.17, 15) is 19.3 Å². The minimum absolute atomic E-state index is 0.00910. The number of benzene rings is 1. The molecule has 4 fully saturated rings. The first-order valence-corrected chi connectivity index (χ1v) is 12.1. The minimum Gasteiger partial charge on any atom is -0.287 e. The fraction of sp³-hybridized carbons (Fsp3) is 0.478. The quantitative estimate of drug-likeness (QED) is 0.396. The number of amides is 1. The molecule has 0 spiro atoms. The Bertz CT molecular complexity index is 1280. The standard InChI is InChI=1S/C23H23ClFN7O3/c24-17-2-1-3-18(25)16(17)10-30-12-26-22(29-30)27-21(33)20-19(32(34)35)11-31(28-20)23-7-13-4-14(8-23)6-15(5-13)9-23/h1-3,11-15H,4-10H2,(H,27,29,33). The third-order valence-corrected chi connectivity index (χ3v) is 8.10. The van der Waals surface area contributed by atoms with Crippen LogP contribution in [0.2, 0.25) is 5.02 Å². The van der Waals surface area contributed by atoms with E-state index >= 15 is 0 Å². The summed E-state index contributed by atoms with van der Waals surface area (Å²) in [5.41, 5.74) is -0.617. The SMILES string of the molecule is O=C(Nc1ncn(Cc2c(F)cccc2Cl)n1)c1nn(C23CC4CC(CC(C4)C2)C3)cc1[N+](=O)[O-]. The van der Waals surface area contributed by atoms with Gasteiger partial charge in [0.1, 0.15) is 18.3 Å². The Labute approximate surface area is 204 Å². The highest BCUT2D eigenvalue weighted by Crippen LogP contribution is 2.58. The Morgan fingerprint density at radius 2 is 1.89 bits per heavy atom. The van der Waals surface area contributed by atoms with Crippen molar-refractivity contribution in [1.82, 2.24) is 24.5 Å². The molecule has 4 saturated carbocycles. The number of nitro groups is 1. The molecular weight excluding hydrogens is 477 g/mol. The minimum atomic E-state index is -0.762. The van der Waals surface area contributed by atoms with Crippen molar-refractivity contribution >= 4 is 29.1 Å². The van der Waals surface area contributed by atoms with Gasteiger partial charge in [-0.3, -0.25) is 24.9 Å². The normalized spacial score (nSPS) is 26.7. The molecule has 1 amide bonds. The summed E-state index contributed by atoms with van der Waals surface area (Å²) in [7, 11) is 0. The number of rotatable bonds is 6. The van der Waals surface area contributed by atoms with Crippen LogP contribution in [0, 0.1) is 33.7 Å². The number of nitrogens with one attached hydrogen (secondary N) is 1. The molecule has 2 aromatic heterocycles. The van der Waals surface area contributed by atoms with E-state index in [-0.39, 0.29) is 40.0 Å². The first-order valence-electron chi connectivity index (χ1n) is 11.7. The molecule has 12 heteroatoms. The van der Waals surface area contributed by atoms with Crippen LogP contribution in [-0.4, -0.2) is 35.4 Å². The van der Waals surface area contributed by atoms with Crippen LogP contribution in [0.5, 0.6) is 0 Å². The van der Waals surface area contributed by atoms with Crippen LogP contribution in [-0.2, 0) is 12.1 Å². The summed E-state index contributed by atoms with van der Waals surface area (Å²) in [5.74, 6) is 0.557. The van der Waals surface area contributed by atoms with Crippen LogP contribution in [0.4, 0.5) is 16.0 Å². The average Bonchev–Trinajstić information content (AvgIpc) is 3.43. The van der Waals surface area contributed by atoms with Crippen molar-refractivity contribution in [3.8, 4) is 0 Å². The summed E-state index contributed by atoms with van der Waals surface area (Å²) >= 11 is 6.07. The summed E-state index contributed by atoms with van der Waals surface area (Å²) < 4.78 is 17.1. The van der Waals surface area contributed by atoms with Gasteiger partial charge in [0.15, 0.2) is 0 Å². The second kappa shape index (κ2) is 8.11. The van der Waals surface area contributed by atoms with Gasteiger partial charge < -0.3 is 0 Å². The zero-order chi connectivity index (χ0) is 24.3. The largest absolute Gasteiger partial charge is 0.320 e. The van der Waals surface area contributed by atoms with Crippen LogP contribution in [0.15, 0.2) is 30.7 Å². The molecule has 0 radical (unpaired) electrons. The fourth-order valence-corrected chi connectivity index (χ4v) is 6.91. The molecule has 0 unspecified atom stereocenters. The predicted molar refractivity (Wildman–Crippen MR) is 124 cm³/mol. The first kappa shape index (κ1) is 22.1. The number of aromatic nitrogens is 5. The highest BCUT2D eigenvalue weighted by atomic mass is 35.5. The molecule has 1 aromatic carbocycles. The molecular formula is C23H23ClFN7O3. The predicted octanol–water partition coefficient (Wildman–Crippen LogP) is 4.40. The lowest BCUT2D eigenvalue weighted by atomic mass is 9.53. The van der Waals surface area contributed by atoms with E-state index in [1.165, 1.54) is 48.6 Å². The molecule has 0 atom stereocenters. The van der Waals surface area contributed by atoms with Gasteiger partial charge in [0, 0.05) is 10.6 Å². The van der Waals surface area contributed by atoms with Crippen molar-refractivity contribution in [3.05, 3.63) is 62.9 Å². The van der Waals surface area contributed by atoms with E-state index in [0.29, 0.717) is 17.8 Å². The Morgan fingerprint density at radius 1 is 1.20 bits per heavy atom. The molecule has 10 nitrogen and oxygen atoms in total. The molecule has 35 heavy (non-hydrogen) atoms. The van der Waals surface area contributed by atoms with E-state index in [1.54, 1.807) is 10.7 Å². The second-order valence-corrected chi connectivity index (χ2v) is 10.5. The second-order valence-electron chi connectivity index (χ2n) is 10.1. The summed E-state index contributed by atoms with van der Waals surface area (Å²) in [6.07, 6.45) is 9.25. The third kappa shape index (κ3) is 3.87. The average molecular weight is 500 g/mol. The summed E-state index contributed by atoms with van der Waals surface area (Å²) in [6.45, 7) is 0.00910. The molecule has 7 rings (SSSR count). The van der Waals surface area contributed by atoms with Gasteiger partial charge >= 0.3 is 5.69 Å². The van der Waals surface area contributed by atoms with Crippen molar-refractivity contribution in [3.63, 3.8) is 0 Å². The molecule has 1 N–H and O–H groups in total. The summed E-state index contributed by atoms with van der Waals surface area (Å²) in [5, 5.41) is 23.1. The Balaban J connectivity index is 1.24. The first-order chi connectivity index (χ1) is 16.8. The van der Waals surface area contributed by atoms with Crippen LogP contribution in [0.25, 0.3) is 0 Å². The molecule has 3 aromatic rings. The zero-order valence-electron chi connectivity index (χ0n) is 18.7. The van der Waals surface area contributed by atoms with Crippen LogP contribution in [0.3, 0.4) is 0 Å². The Morgan fingerprint density at radius 3 is 2.51 bits per heavy atom. The maximum atomic E-state index is 14.1. The van der Waals surface area contributed by atoms with Gasteiger partial charge in [-0.15, -0.1) is 5.10 Å². The molecule has 4 aliphatic rings. The fourth-order valence-electron chi connectivity index (χ4n) is 6.68. The van der Waals surface area contributed by atoms with Crippen molar-refractivity contribution < 1.29 is 14.1 Å². The maximum absolute atomic E-state index is 14.1. The topological polar surface area (TPSA) is 121 Å². The molecule has 0 aliphatic heterocycles. The van der Waals surface area contributed by atoms with E-state index in [2.05, 4.69) is 20.5 Å². The maximum Gasteiger partial charge on any atom is 0.320 e. The van der Waals surface area contributed by atoms with Gasteiger partial charge in [-0.2, -0.15) is 5.10 Å². The Kier molecular flexibility index (Phi) is 5.13. The van der Waals surface area contributed by atoms with Gasteiger partial charge in [0.05, 0.1) is 17.0 Å². The van der Waals surface area contributed by atoms with E-state index < -0.39 is 16.6 Å². The molecule has 0 saturated heterocycles. The van der Waals surface area contributed by atoms with Gasteiger partial charge in [-0.25, -0.2) is 14.1 Å². The number of halogens is 2. The monoisotopic (exact) mass is 499 g/mol. The number of carbonyl (C=O) groups excluding carboxylic acids is 1. The van der Waals surface area contributed by atoms with Gasteiger partial charge in [-0.05, 0) is 68.4 Å². The summed E-state index contributed by atoms with van der Waals surface area (Å²) in [6, 6.07) is 4.36. The number of carbonyl (C=O) groups is 1. The van der Waals surface area contributed by atoms with Crippen molar-refractivity contribution in [2.45, 2.75) is 50.6 Å². The molecule has 182 valence electrons. The van der Waals surface area contributed by atoms with Crippen LogP contribution >= 0.6 is 11.6 Å². The zero-order valence-corrected chi connectivity index (χ0v) is 19.5. The highest BCUT2D eigenvalue weighted by Gasteiger charge is 2.53. The van der Waals surface area contributed by atoms with E-state index in [0.717, 1.165) is 19.3 Å². The smallest absolute Gasteiger partial charge is 0.287 e. The number of hydrogen-bond donors (Lipinski definition) is 1. The van der Waals surface area contributed by atoms with Gasteiger partial charge in [0.25, 0.3) is 5.91 Å². The van der Waals surface area contributed by atoms with E-state index in [4.69, 9.17) is 11.6 Å². The van der Waals surface area contributed by atoms with Crippen molar-refractivity contribution in [2.24, 2.45) is 17.8 Å². The Hall–Kier alpha value is -3.34. The highest BCUT2D eigenvalue weighted by molar-refractivity contribution is 6.31. The van der Waals surface area contributed by atoms with Crippen LogP contribution in [0.1, 0.15) is 54.6 Å². The molecule has 2 heterocycles. The third-order valence-electron chi connectivity index (χ3n) is 7.74. The lowest BCUT2D eigenvalue weighted by Gasteiger charge is -2.56. The van der Waals surface area contributed by atoms with E-state index in [1.807, 2.05) is 0 Å². The lowest BCUT2D eigenvalue weighted by molar-refractivity contribution is -0.385. The van der Waals surface area contributed by atoms with Crippen LogP contribution < -0.4 is 5.32 Å². The summed E-state index contributed by atoms with van der Waals surface area (Å²) in [4.78, 5) is 28.2. The molecule has 4 aliphatic carbocycles.